The topological polar surface area (TPSA) is 56.8 Å². The highest BCUT2D eigenvalue weighted by Gasteiger charge is 2.12. The molecule has 1 N–H and O–H groups in total. The number of esters is 1. The van der Waals surface area contributed by atoms with Gasteiger partial charge in [-0.1, -0.05) is 0 Å². The van der Waals surface area contributed by atoms with E-state index in [4.69, 9.17) is 14.2 Å². The Labute approximate surface area is 113 Å². The molecule has 0 saturated carbocycles. The van der Waals surface area contributed by atoms with Crippen molar-refractivity contribution in [2.24, 2.45) is 0 Å². The fraction of sp³-hybridized carbons (Fsp3) is 0.500. The maximum Gasteiger partial charge on any atom is 0.307 e. The first kappa shape index (κ1) is 15.1. The van der Waals surface area contributed by atoms with Gasteiger partial charge in [-0.05, 0) is 26.0 Å². The minimum atomic E-state index is -0.213. The molecule has 0 bridgehead atoms. The van der Waals surface area contributed by atoms with Gasteiger partial charge in [0.05, 0.1) is 32.9 Å². The van der Waals surface area contributed by atoms with Crippen LogP contribution in [0, 0.1) is 0 Å². The van der Waals surface area contributed by atoms with Crippen LogP contribution in [0.15, 0.2) is 18.2 Å². The Kier molecular flexibility index (Phi) is 5.99. The van der Waals surface area contributed by atoms with E-state index >= 15 is 0 Å². The molecule has 106 valence electrons. The van der Waals surface area contributed by atoms with Crippen LogP contribution in [0.2, 0.25) is 0 Å². The van der Waals surface area contributed by atoms with Crippen LogP contribution in [0.4, 0.5) is 5.69 Å². The number of ether oxygens (including phenoxy) is 3. The molecule has 0 amide bonds. The fourth-order valence-electron chi connectivity index (χ4n) is 1.70. The smallest absolute Gasteiger partial charge is 0.307 e. The van der Waals surface area contributed by atoms with Crippen LogP contribution in [-0.2, 0) is 9.53 Å². The Bertz CT molecular complexity index is 420. The van der Waals surface area contributed by atoms with Gasteiger partial charge in [0, 0.05) is 12.1 Å². The maximum atomic E-state index is 11.4. The van der Waals surface area contributed by atoms with Crippen molar-refractivity contribution in [2.45, 2.75) is 26.3 Å². The first-order valence-corrected chi connectivity index (χ1v) is 6.24. The number of nitrogens with one attached hydrogen (secondary N) is 1. The summed E-state index contributed by atoms with van der Waals surface area (Å²) in [6.45, 7) is 4.11. The van der Waals surface area contributed by atoms with Gasteiger partial charge in [0.2, 0.25) is 0 Å². The summed E-state index contributed by atoms with van der Waals surface area (Å²) in [4.78, 5) is 11.4. The second-order valence-corrected chi connectivity index (χ2v) is 4.12. The lowest BCUT2D eigenvalue weighted by Gasteiger charge is -2.17. The van der Waals surface area contributed by atoms with Gasteiger partial charge in [-0.15, -0.1) is 0 Å². The zero-order chi connectivity index (χ0) is 14.3. The average molecular weight is 267 g/mol. The van der Waals surface area contributed by atoms with Crippen LogP contribution in [0.5, 0.6) is 11.5 Å². The highest BCUT2D eigenvalue weighted by molar-refractivity contribution is 5.71. The Morgan fingerprint density at radius 2 is 2.05 bits per heavy atom. The van der Waals surface area contributed by atoms with E-state index < -0.39 is 0 Å². The molecule has 1 atom stereocenters. The van der Waals surface area contributed by atoms with E-state index in [0.29, 0.717) is 18.8 Å². The molecule has 0 aliphatic carbocycles. The van der Waals surface area contributed by atoms with E-state index in [-0.39, 0.29) is 12.0 Å². The lowest BCUT2D eigenvalue weighted by molar-refractivity contribution is -0.143. The van der Waals surface area contributed by atoms with Gasteiger partial charge in [-0.3, -0.25) is 4.79 Å². The molecule has 1 unspecified atom stereocenters. The summed E-state index contributed by atoms with van der Waals surface area (Å²) in [5.41, 5.74) is 0.820. The predicted molar refractivity (Wildman–Crippen MR) is 73.9 cm³/mol. The van der Waals surface area contributed by atoms with Gasteiger partial charge in [-0.25, -0.2) is 0 Å². The highest BCUT2D eigenvalue weighted by Crippen LogP contribution is 2.29. The standard InChI is InChI=1S/C14H21NO4/c1-5-19-14(16)8-10(2)15-12-7-6-11(17-3)9-13(12)18-4/h6-7,9-10,15H,5,8H2,1-4H3. The molecular formula is C14H21NO4. The summed E-state index contributed by atoms with van der Waals surface area (Å²) in [6, 6.07) is 5.45. The molecule has 0 heterocycles. The van der Waals surface area contributed by atoms with Crippen molar-refractivity contribution in [3.05, 3.63) is 18.2 Å². The van der Waals surface area contributed by atoms with Crippen molar-refractivity contribution in [1.82, 2.24) is 0 Å². The summed E-state index contributed by atoms with van der Waals surface area (Å²) >= 11 is 0. The van der Waals surface area contributed by atoms with Crippen molar-refractivity contribution in [2.75, 3.05) is 26.1 Å². The molecule has 0 aliphatic heterocycles. The molecule has 0 aromatic heterocycles. The summed E-state index contributed by atoms with van der Waals surface area (Å²) in [7, 11) is 3.20. The van der Waals surface area contributed by atoms with Crippen molar-refractivity contribution < 1.29 is 19.0 Å². The molecule has 0 spiro atoms. The van der Waals surface area contributed by atoms with E-state index in [2.05, 4.69) is 5.32 Å². The molecule has 0 fully saturated rings. The van der Waals surface area contributed by atoms with Gasteiger partial charge in [0.25, 0.3) is 0 Å². The number of rotatable bonds is 7. The highest BCUT2D eigenvalue weighted by atomic mass is 16.5. The SMILES string of the molecule is CCOC(=O)CC(C)Nc1ccc(OC)cc1OC. The number of hydrogen-bond acceptors (Lipinski definition) is 5. The Hall–Kier alpha value is -1.91. The number of methoxy groups -OCH3 is 2. The van der Waals surface area contributed by atoms with Crippen molar-refractivity contribution in [1.29, 1.82) is 0 Å². The third-order valence-electron chi connectivity index (χ3n) is 2.59. The van der Waals surface area contributed by atoms with E-state index in [0.717, 1.165) is 11.4 Å². The van der Waals surface area contributed by atoms with Crippen LogP contribution in [0.3, 0.4) is 0 Å². The molecule has 0 aliphatic rings. The number of benzene rings is 1. The lowest BCUT2D eigenvalue weighted by Crippen LogP contribution is -2.21. The minimum Gasteiger partial charge on any atom is -0.497 e. The van der Waals surface area contributed by atoms with E-state index in [9.17, 15) is 4.79 Å². The van der Waals surface area contributed by atoms with Gasteiger partial charge >= 0.3 is 5.97 Å². The molecule has 0 radical (unpaired) electrons. The largest absolute Gasteiger partial charge is 0.497 e. The quantitative estimate of drug-likeness (QED) is 0.769. The molecular weight excluding hydrogens is 246 g/mol. The normalized spacial score (nSPS) is 11.6. The summed E-state index contributed by atoms with van der Waals surface area (Å²) < 4.78 is 15.3. The number of carbonyl (C=O) groups is 1. The summed E-state index contributed by atoms with van der Waals surface area (Å²) in [5.74, 6) is 1.19. The van der Waals surface area contributed by atoms with E-state index in [1.807, 2.05) is 19.1 Å². The third kappa shape index (κ3) is 4.69. The first-order chi connectivity index (χ1) is 9.10. The first-order valence-electron chi connectivity index (χ1n) is 6.24. The second kappa shape index (κ2) is 7.51. The Morgan fingerprint density at radius 1 is 1.32 bits per heavy atom. The molecule has 1 aromatic rings. The average Bonchev–Trinajstić information content (AvgIpc) is 2.39. The zero-order valence-corrected chi connectivity index (χ0v) is 11.9. The van der Waals surface area contributed by atoms with Gasteiger partial charge < -0.3 is 19.5 Å². The molecule has 1 rings (SSSR count). The van der Waals surface area contributed by atoms with Crippen LogP contribution < -0.4 is 14.8 Å². The maximum absolute atomic E-state index is 11.4. The zero-order valence-electron chi connectivity index (χ0n) is 11.9. The summed E-state index contributed by atoms with van der Waals surface area (Å²) in [5, 5.41) is 3.22. The van der Waals surface area contributed by atoms with E-state index in [1.54, 1.807) is 27.2 Å². The minimum absolute atomic E-state index is 0.0404. The van der Waals surface area contributed by atoms with Gasteiger partial charge in [0.15, 0.2) is 0 Å². The fourth-order valence-corrected chi connectivity index (χ4v) is 1.70. The number of hydrogen-bond donors (Lipinski definition) is 1. The molecule has 0 saturated heterocycles. The van der Waals surface area contributed by atoms with Gasteiger partial charge in [-0.2, -0.15) is 0 Å². The number of anilines is 1. The van der Waals surface area contributed by atoms with Crippen LogP contribution >= 0.6 is 0 Å². The molecule has 19 heavy (non-hydrogen) atoms. The van der Waals surface area contributed by atoms with Crippen LogP contribution in [0.1, 0.15) is 20.3 Å². The van der Waals surface area contributed by atoms with E-state index in [1.165, 1.54) is 0 Å². The van der Waals surface area contributed by atoms with Gasteiger partial charge in [0.1, 0.15) is 11.5 Å². The lowest BCUT2D eigenvalue weighted by atomic mass is 10.2. The molecule has 1 aromatic carbocycles. The monoisotopic (exact) mass is 267 g/mol. The van der Waals surface area contributed by atoms with Crippen LogP contribution in [-0.4, -0.2) is 32.8 Å². The second-order valence-electron chi connectivity index (χ2n) is 4.12. The molecule has 5 heteroatoms. The predicted octanol–water partition coefficient (Wildman–Crippen LogP) is 2.46. The van der Waals surface area contributed by atoms with Crippen LogP contribution in [0.25, 0.3) is 0 Å². The van der Waals surface area contributed by atoms with Crippen molar-refractivity contribution in [3.8, 4) is 11.5 Å². The Morgan fingerprint density at radius 3 is 2.63 bits per heavy atom. The molecule has 5 nitrogen and oxygen atoms in total. The van der Waals surface area contributed by atoms with Crippen molar-refractivity contribution in [3.63, 3.8) is 0 Å². The van der Waals surface area contributed by atoms with Crippen molar-refractivity contribution >= 4 is 11.7 Å². The number of carbonyl (C=O) groups excluding carboxylic acids is 1. The third-order valence-corrected chi connectivity index (χ3v) is 2.59. The Balaban J connectivity index is 2.68. The summed E-state index contributed by atoms with van der Waals surface area (Å²) in [6.07, 6.45) is 0.309.